The molecule has 0 aliphatic rings. The topological polar surface area (TPSA) is 125 Å². The summed E-state index contributed by atoms with van der Waals surface area (Å²) in [5.41, 5.74) is -0.557. The number of hydrogen-bond donors (Lipinski definition) is 1. The van der Waals surface area contributed by atoms with Crippen LogP contribution in [0.25, 0.3) is 0 Å². The van der Waals surface area contributed by atoms with Gasteiger partial charge in [0.05, 0.1) is 11.7 Å². The van der Waals surface area contributed by atoms with Crippen LogP contribution >= 0.6 is 0 Å². The Morgan fingerprint density at radius 2 is 1.42 bits per heavy atom. The Morgan fingerprint density at radius 3 is 1.84 bits per heavy atom. The van der Waals surface area contributed by atoms with E-state index in [2.05, 4.69) is 19.6 Å². The van der Waals surface area contributed by atoms with Crippen molar-refractivity contribution in [3.8, 4) is 0 Å². The van der Waals surface area contributed by atoms with Crippen LogP contribution in [-0.4, -0.2) is 35.1 Å². The largest absolute Gasteiger partial charge is 0.388 e. The lowest BCUT2D eigenvalue weighted by atomic mass is 10.1. The molecular formula is C10H12O9. The van der Waals surface area contributed by atoms with Gasteiger partial charge in [-0.2, -0.15) is 0 Å². The van der Waals surface area contributed by atoms with E-state index < -0.39 is 35.6 Å². The van der Waals surface area contributed by atoms with Gasteiger partial charge in [-0.05, 0) is 6.92 Å². The molecule has 0 aromatic rings. The summed E-state index contributed by atoms with van der Waals surface area (Å²) >= 11 is 0. The highest BCUT2D eigenvalue weighted by Crippen LogP contribution is 2.06. The first-order valence-electron chi connectivity index (χ1n) is 4.92. The summed E-state index contributed by atoms with van der Waals surface area (Å²) in [6, 6.07) is 0. The standard InChI is InChI=1S/C10H12O9/c1-5(11)8(10(15)19-17-7(3)13)4-9(14)18-16-6(2)12/h4-5,11H,1-3H3/b8-4-. The van der Waals surface area contributed by atoms with E-state index in [-0.39, 0.29) is 0 Å². The molecule has 106 valence electrons. The summed E-state index contributed by atoms with van der Waals surface area (Å²) in [6.45, 7) is 3.12. The van der Waals surface area contributed by atoms with Crippen LogP contribution in [0.3, 0.4) is 0 Å². The van der Waals surface area contributed by atoms with Crippen molar-refractivity contribution in [2.75, 3.05) is 0 Å². The molecule has 0 saturated carbocycles. The lowest BCUT2D eigenvalue weighted by Gasteiger charge is -2.07. The van der Waals surface area contributed by atoms with E-state index in [4.69, 9.17) is 0 Å². The molecule has 9 nitrogen and oxygen atoms in total. The second-order valence-electron chi connectivity index (χ2n) is 3.20. The quantitative estimate of drug-likeness (QED) is 0.406. The van der Waals surface area contributed by atoms with Crippen LogP contribution in [0.15, 0.2) is 11.6 Å². The highest BCUT2D eigenvalue weighted by molar-refractivity contribution is 5.97. The molecule has 0 aliphatic carbocycles. The molecular weight excluding hydrogens is 264 g/mol. The van der Waals surface area contributed by atoms with Crippen molar-refractivity contribution >= 4 is 23.9 Å². The van der Waals surface area contributed by atoms with Crippen LogP contribution in [0, 0.1) is 0 Å². The Bertz CT molecular complexity index is 407. The highest BCUT2D eigenvalue weighted by Gasteiger charge is 2.21. The molecule has 9 heteroatoms. The molecule has 1 unspecified atom stereocenters. The van der Waals surface area contributed by atoms with Crippen molar-refractivity contribution < 1.29 is 43.8 Å². The monoisotopic (exact) mass is 276 g/mol. The van der Waals surface area contributed by atoms with Crippen molar-refractivity contribution in [3.05, 3.63) is 11.6 Å². The number of carbonyl (C=O) groups is 4. The van der Waals surface area contributed by atoms with Crippen molar-refractivity contribution in [1.29, 1.82) is 0 Å². The number of hydrogen-bond acceptors (Lipinski definition) is 9. The zero-order chi connectivity index (χ0) is 15.0. The van der Waals surface area contributed by atoms with Crippen molar-refractivity contribution in [3.63, 3.8) is 0 Å². The number of aliphatic hydroxyl groups excluding tert-OH is 1. The van der Waals surface area contributed by atoms with Gasteiger partial charge in [0.2, 0.25) is 0 Å². The Labute approximate surface area is 107 Å². The fourth-order valence-electron chi connectivity index (χ4n) is 0.745. The molecule has 0 heterocycles. The summed E-state index contributed by atoms with van der Waals surface area (Å²) in [7, 11) is 0. The Balaban J connectivity index is 4.70. The van der Waals surface area contributed by atoms with Gasteiger partial charge in [-0.3, -0.25) is 0 Å². The fourth-order valence-corrected chi connectivity index (χ4v) is 0.745. The van der Waals surface area contributed by atoms with Crippen LogP contribution in [0.5, 0.6) is 0 Å². The van der Waals surface area contributed by atoms with Crippen LogP contribution in [-0.2, 0) is 38.7 Å². The number of rotatable bonds is 3. The Kier molecular flexibility index (Phi) is 6.82. The van der Waals surface area contributed by atoms with Crippen LogP contribution in [0.2, 0.25) is 0 Å². The lowest BCUT2D eigenvalue weighted by Crippen LogP contribution is -2.20. The molecule has 0 rings (SSSR count). The normalized spacial score (nSPS) is 12.1. The summed E-state index contributed by atoms with van der Waals surface area (Å²) in [4.78, 5) is 59.0. The van der Waals surface area contributed by atoms with Gasteiger partial charge in [-0.15, -0.1) is 0 Å². The minimum Gasteiger partial charge on any atom is -0.388 e. The first-order valence-corrected chi connectivity index (χ1v) is 4.92. The lowest BCUT2D eigenvalue weighted by molar-refractivity contribution is -0.255. The molecule has 1 atom stereocenters. The molecule has 0 saturated heterocycles. The molecule has 0 fully saturated rings. The first kappa shape index (κ1) is 16.6. The maximum Gasteiger partial charge on any atom is 0.385 e. The van der Waals surface area contributed by atoms with Gasteiger partial charge >= 0.3 is 23.9 Å². The van der Waals surface area contributed by atoms with E-state index in [1.165, 1.54) is 0 Å². The number of aliphatic hydroxyl groups is 1. The molecule has 0 bridgehead atoms. The summed E-state index contributed by atoms with van der Waals surface area (Å²) in [5.74, 6) is -4.29. The molecule has 0 aromatic carbocycles. The van der Waals surface area contributed by atoms with Crippen LogP contribution in [0.1, 0.15) is 20.8 Å². The molecule has 19 heavy (non-hydrogen) atoms. The minimum atomic E-state index is -1.41. The van der Waals surface area contributed by atoms with Gasteiger partial charge in [-0.1, -0.05) is 0 Å². The Morgan fingerprint density at radius 1 is 0.947 bits per heavy atom. The molecule has 1 N–H and O–H groups in total. The van der Waals surface area contributed by atoms with Crippen molar-refractivity contribution in [1.82, 2.24) is 0 Å². The summed E-state index contributed by atoms with van der Waals surface area (Å²) in [6.07, 6.45) is -0.882. The molecule has 0 radical (unpaired) electrons. The van der Waals surface area contributed by atoms with E-state index in [0.717, 1.165) is 20.8 Å². The van der Waals surface area contributed by atoms with Crippen LogP contribution < -0.4 is 0 Å². The zero-order valence-corrected chi connectivity index (χ0v) is 10.4. The van der Waals surface area contributed by atoms with E-state index in [1.807, 2.05) is 0 Å². The van der Waals surface area contributed by atoms with Crippen molar-refractivity contribution in [2.45, 2.75) is 26.9 Å². The average Bonchev–Trinajstić information content (AvgIpc) is 2.29. The third-order valence-corrected chi connectivity index (χ3v) is 1.44. The summed E-state index contributed by atoms with van der Waals surface area (Å²) < 4.78 is 0. The second-order valence-corrected chi connectivity index (χ2v) is 3.20. The van der Waals surface area contributed by atoms with Gasteiger partial charge in [0.15, 0.2) is 0 Å². The smallest absolute Gasteiger partial charge is 0.385 e. The molecule has 0 aliphatic heterocycles. The third-order valence-electron chi connectivity index (χ3n) is 1.44. The van der Waals surface area contributed by atoms with Gasteiger partial charge < -0.3 is 5.11 Å². The van der Waals surface area contributed by atoms with Crippen LogP contribution in [0.4, 0.5) is 0 Å². The molecule has 0 aromatic heterocycles. The van der Waals surface area contributed by atoms with Gasteiger partial charge in [0.1, 0.15) is 0 Å². The average molecular weight is 276 g/mol. The predicted molar refractivity (Wildman–Crippen MR) is 55.5 cm³/mol. The SMILES string of the molecule is CC(=O)OOC(=O)/C=C(\C(=O)OOC(C)=O)C(C)O. The minimum absolute atomic E-state index is 0.527. The highest BCUT2D eigenvalue weighted by atomic mass is 17.2. The van der Waals surface area contributed by atoms with E-state index in [1.54, 1.807) is 0 Å². The Hall–Kier alpha value is -2.42. The predicted octanol–water partition coefficient (Wildman–Crippen LogP) is -0.664. The molecule has 0 spiro atoms. The fraction of sp³-hybridized carbons (Fsp3) is 0.400. The van der Waals surface area contributed by atoms with Gasteiger partial charge in [0.25, 0.3) is 0 Å². The third kappa shape index (κ3) is 7.49. The molecule has 0 amide bonds. The summed E-state index contributed by atoms with van der Waals surface area (Å²) in [5, 5.41) is 9.25. The van der Waals surface area contributed by atoms with E-state index in [9.17, 15) is 24.3 Å². The second kappa shape index (κ2) is 7.82. The van der Waals surface area contributed by atoms with Crippen molar-refractivity contribution in [2.24, 2.45) is 0 Å². The van der Waals surface area contributed by atoms with E-state index >= 15 is 0 Å². The maximum atomic E-state index is 11.3. The maximum absolute atomic E-state index is 11.3. The van der Waals surface area contributed by atoms with Gasteiger partial charge in [-0.25, -0.2) is 38.7 Å². The van der Waals surface area contributed by atoms with Gasteiger partial charge in [0, 0.05) is 19.9 Å². The number of carbonyl (C=O) groups excluding carboxylic acids is 4. The zero-order valence-electron chi connectivity index (χ0n) is 10.4. The van der Waals surface area contributed by atoms with E-state index in [0.29, 0.717) is 6.08 Å². The first-order chi connectivity index (χ1) is 8.73.